The van der Waals surface area contributed by atoms with Crippen LogP contribution in [0.15, 0.2) is 42.5 Å². The Hall–Kier alpha value is -2.47. The first-order chi connectivity index (χ1) is 12.6. The third-order valence-corrected chi connectivity index (χ3v) is 4.37. The Labute approximate surface area is 150 Å². The van der Waals surface area contributed by atoms with Gasteiger partial charge in [-0.05, 0) is 30.5 Å². The van der Waals surface area contributed by atoms with Crippen molar-refractivity contribution in [2.45, 2.75) is 38.1 Å². The molecule has 0 aromatic heterocycles. The molecule has 6 heteroatoms. The van der Waals surface area contributed by atoms with Crippen LogP contribution in [0.4, 0.5) is 8.78 Å². The topological polar surface area (TPSA) is 44.8 Å². The van der Waals surface area contributed by atoms with Crippen LogP contribution in [0.25, 0.3) is 0 Å². The molecule has 0 N–H and O–H groups in total. The number of halogens is 2. The molecule has 2 aromatic rings. The molecule has 0 amide bonds. The van der Waals surface area contributed by atoms with Crippen LogP contribution >= 0.6 is 0 Å². The van der Waals surface area contributed by atoms with Crippen molar-refractivity contribution in [2.24, 2.45) is 0 Å². The number of ether oxygens (including phenoxy) is 3. The van der Waals surface area contributed by atoms with E-state index in [1.165, 1.54) is 0 Å². The van der Waals surface area contributed by atoms with E-state index in [1.807, 2.05) is 30.3 Å². The van der Waals surface area contributed by atoms with Gasteiger partial charge in [-0.25, -0.2) is 13.6 Å². The molecule has 0 aliphatic heterocycles. The monoisotopic (exact) mass is 362 g/mol. The Kier molecular flexibility index (Phi) is 5.83. The fourth-order valence-corrected chi connectivity index (χ4v) is 3.02. The van der Waals surface area contributed by atoms with Gasteiger partial charge in [0.1, 0.15) is 6.10 Å². The number of rotatable bonds is 6. The number of carbonyl (C=O) groups is 1. The lowest BCUT2D eigenvalue weighted by Gasteiger charge is -2.16. The summed E-state index contributed by atoms with van der Waals surface area (Å²) in [6, 6.07) is 11.6. The maximum atomic E-state index is 14.1. The summed E-state index contributed by atoms with van der Waals surface area (Å²) in [5.41, 5.74) is 0.887. The zero-order valence-electron chi connectivity index (χ0n) is 14.4. The number of carbonyl (C=O) groups excluding carboxylic acids is 1. The summed E-state index contributed by atoms with van der Waals surface area (Å²) < 4.78 is 44.1. The van der Waals surface area contributed by atoms with Gasteiger partial charge in [0.15, 0.2) is 17.4 Å². The zero-order valence-corrected chi connectivity index (χ0v) is 14.4. The molecule has 0 radical (unpaired) electrons. The van der Waals surface area contributed by atoms with E-state index < -0.39 is 23.4 Å². The minimum atomic E-state index is -0.918. The van der Waals surface area contributed by atoms with Crippen molar-refractivity contribution in [3.05, 3.63) is 65.2 Å². The third kappa shape index (κ3) is 4.38. The molecule has 0 spiro atoms. The lowest BCUT2D eigenvalue weighted by atomic mass is 10.2. The van der Waals surface area contributed by atoms with Crippen LogP contribution in [-0.4, -0.2) is 25.3 Å². The molecule has 1 fully saturated rings. The molecule has 2 aromatic carbocycles. The minimum Gasteiger partial charge on any atom is -0.484 e. The van der Waals surface area contributed by atoms with Gasteiger partial charge < -0.3 is 14.2 Å². The van der Waals surface area contributed by atoms with Crippen LogP contribution in [0.2, 0.25) is 0 Å². The molecule has 0 saturated heterocycles. The van der Waals surface area contributed by atoms with Gasteiger partial charge in [0.2, 0.25) is 0 Å². The SMILES string of the molecule is COC(=O)c1cc(F)c(OC2CCC(OCc3ccccc3)C2)c(F)c1. The van der Waals surface area contributed by atoms with Gasteiger partial charge in [-0.2, -0.15) is 0 Å². The van der Waals surface area contributed by atoms with Crippen molar-refractivity contribution in [3.63, 3.8) is 0 Å². The van der Waals surface area contributed by atoms with E-state index in [9.17, 15) is 13.6 Å². The second-order valence-electron chi connectivity index (χ2n) is 6.23. The number of hydrogen-bond acceptors (Lipinski definition) is 4. The average Bonchev–Trinajstić information content (AvgIpc) is 3.10. The summed E-state index contributed by atoms with van der Waals surface area (Å²) in [5.74, 6) is -3.10. The van der Waals surface area contributed by atoms with Crippen LogP contribution in [0.3, 0.4) is 0 Å². The smallest absolute Gasteiger partial charge is 0.338 e. The number of esters is 1. The fraction of sp³-hybridized carbons (Fsp3) is 0.350. The Morgan fingerprint density at radius 1 is 1.08 bits per heavy atom. The minimum absolute atomic E-state index is 0.0133. The van der Waals surface area contributed by atoms with Gasteiger partial charge in [-0.15, -0.1) is 0 Å². The highest BCUT2D eigenvalue weighted by Gasteiger charge is 2.29. The van der Waals surface area contributed by atoms with E-state index >= 15 is 0 Å². The van der Waals surface area contributed by atoms with Gasteiger partial charge >= 0.3 is 5.97 Å². The van der Waals surface area contributed by atoms with Crippen LogP contribution < -0.4 is 4.74 Å². The van der Waals surface area contributed by atoms with Crippen molar-refractivity contribution >= 4 is 5.97 Å². The van der Waals surface area contributed by atoms with E-state index in [0.717, 1.165) is 31.2 Å². The van der Waals surface area contributed by atoms with Crippen molar-refractivity contribution in [1.82, 2.24) is 0 Å². The van der Waals surface area contributed by atoms with E-state index in [-0.39, 0.29) is 17.8 Å². The first-order valence-corrected chi connectivity index (χ1v) is 8.46. The zero-order chi connectivity index (χ0) is 18.5. The number of methoxy groups -OCH3 is 1. The average molecular weight is 362 g/mol. The first-order valence-electron chi connectivity index (χ1n) is 8.46. The highest BCUT2D eigenvalue weighted by atomic mass is 19.1. The maximum Gasteiger partial charge on any atom is 0.338 e. The Bertz CT molecular complexity index is 741. The fourth-order valence-electron chi connectivity index (χ4n) is 3.02. The predicted octanol–water partition coefficient (Wildman–Crippen LogP) is 4.27. The van der Waals surface area contributed by atoms with Gasteiger partial charge in [-0.1, -0.05) is 30.3 Å². The Morgan fingerprint density at radius 3 is 2.38 bits per heavy atom. The molecular weight excluding hydrogens is 342 g/mol. The molecule has 2 atom stereocenters. The molecule has 26 heavy (non-hydrogen) atoms. The molecule has 3 rings (SSSR count). The summed E-state index contributed by atoms with van der Waals surface area (Å²) in [5, 5.41) is 0. The predicted molar refractivity (Wildman–Crippen MR) is 91.0 cm³/mol. The van der Waals surface area contributed by atoms with Gasteiger partial charge in [0.05, 0.1) is 25.4 Å². The van der Waals surface area contributed by atoms with Gasteiger partial charge in [0, 0.05) is 6.42 Å². The molecule has 1 aliphatic rings. The standard InChI is InChI=1S/C20H20F2O4/c1-24-20(23)14-9-17(21)19(18(22)10-14)26-16-8-7-15(11-16)25-12-13-5-3-2-4-6-13/h2-6,9-10,15-16H,7-8,11-12H2,1H3. The van der Waals surface area contributed by atoms with Crippen molar-refractivity contribution < 1.29 is 27.8 Å². The largest absolute Gasteiger partial charge is 0.484 e. The third-order valence-electron chi connectivity index (χ3n) is 4.37. The highest BCUT2D eigenvalue weighted by molar-refractivity contribution is 5.89. The van der Waals surface area contributed by atoms with E-state index in [4.69, 9.17) is 9.47 Å². The normalized spacial score (nSPS) is 19.3. The van der Waals surface area contributed by atoms with Crippen molar-refractivity contribution in [2.75, 3.05) is 7.11 Å². The van der Waals surface area contributed by atoms with E-state index in [2.05, 4.69) is 4.74 Å². The van der Waals surface area contributed by atoms with Crippen LogP contribution in [0, 0.1) is 11.6 Å². The number of benzene rings is 2. The molecule has 1 aliphatic carbocycles. The van der Waals surface area contributed by atoms with Crippen molar-refractivity contribution in [1.29, 1.82) is 0 Å². The van der Waals surface area contributed by atoms with Crippen molar-refractivity contribution in [3.8, 4) is 5.75 Å². The summed E-state index contributed by atoms with van der Waals surface area (Å²) in [6.45, 7) is 0.495. The summed E-state index contributed by atoms with van der Waals surface area (Å²) >= 11 is 0. The van der Waals surface area contributed by atoms with E-state index in [1.54, 1.807) is 0 Å². The van der Waals surface area contributed by atoms with Crippen LogP contribution in [-0.2, 0) is 16.1 Å². The molecule has 0 heterocycles. The summed E-state index contributed by atoms with van der Waals surface area (Å²) in [7, 11) is 1.15. The number of hydrogen-bond donors (Lipinski definition) is 0. The Balaban J connectivity index is 1.57. The molecular formula is C20H20F2O4. The molecule has 2 unspecified atom stereocenters. The first kappa shape index (κ1) is 18.3. The second-order valence-corrected chi connectivity index (χ2v) is 6.23. The van der Waals surface area contributed by atoms with Gasteiger partial charge in [0.25, 0.3) is 0 Å². The molecule has 4 nitrogen and oxygen atoms in total. The lowest BCUT2D eigenvalue weighted by Crippen LogP contribution is -2.17. The van der Waals surface area contributed by atoms with Crippen LogP contribution in [0.5, 0.6) is 5.75 Å². The molecule has 0 bridgehead atoms. The van der Waals surface area contributed by atoms with Crippen LogP contribution in [0.1, 0.15) is 35.2 Å². The molecule has 138 valence electrons. The second kappa shape index (κ2) is 8.27. The highest BCUT2D eigenvalue weighted by Crippen LogP contribution is 2.31. The molecule has 1 saturated carbocycles. The lowest BCUT2D eigenvalue weighted by molar-refractivity contribution is 0.0372. The summed E-state index contributed by atoms with van der Waals surface area (Å²) in [6.07, 6.45) is 1.63. The summed E-state index contributed by atoms with van der Waals surface area (Å²) in [4.78, 5) is 11.4. The Morgan fingerprint density at radius 2 is 1.73 bits per heavy atom. The maximum absolute atomic E-state index is 14.1. The van der Waals surface area contributed by atoms with E-state index in [0.29, 0.717) is 19.4 Å². The van der Waals surface area contributed by atoms with Gasteiger partial charge in [-0.3, -0.25) is 0 Å². The quantitative estimate of drug-likeness (QED) is 0.720.